The van der Waals surface area contributed by atoms with Crippen LogP contribution in [0.1, 0.15) is 33.4 Å². The molecule has 4 heteroatoms. The second kappa shape index (κ2) is 10.6. The molecule has 4 nitrogen and oxygen atoms in total. The minimum atomic E-state index is -0.618. The van der Waals surface area contributed by atoms with Gasteiger partial charge < -0.3 is 9.47 Å². The van der Waals surface area contributed by atoms with Gasteiger partial charge in [0.25, 0.3) is 0 Å². The van der Waals surface area contributed by atoms with Gasteiger partial charge in [-0.25, -0.2) is 0 Å². The molecule has 2 heterocycles. The van der Waals surface area contributed by atoms with Crippen LogP contribution >= 0.6 is 0 Å². The Bertz CT molecular complexity index is 2100. The van der Waals surface area contributed by atoms with Gasteiger partial charge in [-0.3, -0.25) is 9.98 Å². The zero-order valence-electron chi connectivity index (χ0n) is 26.1. The molecule has 2 aliphatic carbocycles. The quantitative estimate of drug-likeness (QED) is 0.190. The molecule has 2 aliphatic heterocycles. The summed E-state index contributed by atoms with van der Waals surface area (Å²) in [5.74, 6) is 0. The first-order valence-electron chi connectivity index (χ1n) is 16.8. The number of benzene rings is 6. The molecule has 6 aromatic carbocycles. The van der Waals surface area contributed by atoms with Gasteiger partial charge in [0, 0.05) is 24.0 Å². The van der Waals surface area contributed by atoms with Crippen LogP contribution in [0, 0.1) is 5.41 Å². The van der Waals surface area contributed by atoms with Crippen LogP contribution in [0.3, 0.4) is 0 Å². The van der Waals surface area contributed by atoms with Crippen LogP contribution in [0.25, 0.3) is 21.5 Å². The molecule has 0 N–H and O–H groups in total. The number of nitrogens with zero attached hydrogens (tertiary/aromatic N) is 2. The van der Waals surface area contributed by atoms with E-state index in [1.165, 1.54) is 54.9 Å². The lowest BCUT2D eigenvalue weighted by Gasteiger charge is -2.41. The van der Waals surface area contributed by atoms with E-state index >= 15 is 0 Å². The lowest BCUT2D eigenvalue weighted by atomic mass is 9.72. The van der Waals surface area contributed by atoms with Crippen LogP contribution in [0.5, 0.6) is 0 Å². The van der Waals surface area contributed by atoms with Crippen molar-refractivity contribution in [2.75, 3.05) is 0 Å². The van der Waals surface area contributed by atoms with Gasteiger partial charge in [0.05, 0.1) is 16.8 Å². The molecule has 0 amide bonds. The summed E-state index contributed by atoms with van der Waals surface area (Å²) in [4.78, 5) is 11.1. The monoisotopic (exact) mass is 610 g/mol. The molecule has 4 aliphatic rings. The number of hydrogen-bond donors (Lipinski definition) is 0. The minimum absolute atomic E-state index is 0.0638. The molecule has 228 valence electrons. The number of hydrogen-bond acceptors (Lipinski definition) is 4. The molecule has 4 unspecified atom stereocenters. The standard InChI is InChI=1S/C43H34N2O2/c1-5-19-33-27(11-1)15-9-17-31(33)25-43(26-32-18-10-16-28-12-2-6-20-34(28)32,41-44-39-35-21-7-3-13-29(35)23-37(39)46-41)42-45-40-36-22-8-4-14-30(36)24-38(40)47-42/h1-22,37-38,41-42H,23-26H2. The van der Waals surface area contributed by atoms with Gasteiger partial charge in [-0.1, -0.05) is 133 Å². The van der Waals surface area contributed by atoms with Crippen LogP contribution in [-0.4, -0.2) is 36.1 Å². The van der Waals surface area contributed by atoms with Crippen molar-refractivity contribution in [3.05, 3.63) is 167 Å². The zero-order valence-corrected chi connectivity index (χ0v) is 26.1. The SMILES string of the molecule is c1ccc2c(c1)CC1OC(C(Cc3cccc4ccccc34)(Cc3cccc4ccccc34)C3N=C4c5ccccc5CC4O3)N=C21. The van der Waals surface area contributed by atoms with Crippen molar-refractivity contribution in [3.63, 3.8) is 0 Å². The summed E-state index contributed by atoms with van der Waals surface area (Å²) >= 11 is 0. The Hall–Kier alpha value is -4.90. The van der Waals surface area contributed by atoms with Gasteiger partial charge in [-0.2, -0.15) is 0 Å². The summed E-state index contributed by atoms with van der Waals surface area (Å²) in [6.45, 7) is 0. The van der Waals surface area contributed by atoms with E-state index in [1.807, 2.05) is 0 Å². The molecule has 47 heavy (non-hydrogen) atoms. The highest BCUT2D eigenvalue weighted by Crippen LogP contribution is 2.49. The molecule has 6 aromatic rings. The molecule has 0 aromatic heterocycles. The lowest BCUT2D eigenvalue weighted by Crippen LogP contribution is -2.49. The third-order valence-corrected chi connectivity index (χ3v) is 10.9. The maximum Gasteiger partial charge on any atom is 0.160 e. The molecule has 10 rings (SSSR count). The molecular formula is C43H34N2O2. The summed E-state index contributed by atoms with van der Waals surface area (Å²) in [6.07, 6.45) is 2.12. The van der Waals surface area contributed by atoms with Gasteiger partial charge in [-0.05, 0) is 56.6 Å². The summed E-state index contributed by atoms with van der Waals surface area (Å²) in [5, 5.41) is 4.98. The van der Waals surface area contributed by atoms with Crippen LogP contribution in [-0.2, 0) is 35.2 Å². The maximum absolute atomic E-state index is 7.15. The Labute approximate surface area is 274 Å². The van der Waals surface area contributed by atoms with E-state index in [2.05, 4.69) is 133 Å². The number of ether oxygens (including phenoxy) is 2. The summed E-state index contributed by atoms with van der Waals surface area (Å²) in [7, 11) is 0. The predicted molar refractivity (Wildman–Crippen MR) is 188 cm³/mol. The van der Waals surface area contributed by atoms with E-state index in [1.54, 1.807) is 0 Å². The Kier molecular flexibility index (Phi) is 6.12. The van der Waals surface area contributed by atoms with Crippen molar-refractivity contribution >= 4 is 33.0 Å². The summed E-state index contributed by atoms with van der Waals surface area (Å²) < 4.78 is 14.3. The smallest absolute Gasteiger partial charge is 0.160 e. The highest BCUT2D eigenvalue weighted by molar-refractivity contribution is 6.09. The lowest BCUT2D eigenvalue weighted by molar-refractivity contribution is -0.120. The zero-order chi connectivity index (χ0) is 31.0. The van der Waals surface area contributed by atoms with E-state index in [9.17, 15) is 0 Å². The number of rotatable bonds is 6. The van der Waals surface area contributed by atoms with Crippen molar-refractivity contribution in [2.24, 2.45) is 15.4 Å². The largest absolute Gasteiger partial charge is 0.346 e. The van der Waals surface area contributed by atoms with Crippen molar-refractivity contribution < 1.29 is 9.47 Å². The molecule has 0 bridgehead atoms. The van der Waals surface area contributed by atoms with E-state index in [4.69, 9.17) is 19.5 Å². The van der Waals surface area contributed by atoms with Gasteiger partial charge >= 0.3 is 0 Å². The molecule has 0 saturated carbocycles. The second-order valence-corrected chi connectivity index (χ2v) is 13.6. The summed E-state index contributed by atoms with van der Waals surface area (Å²) in [5.41, 5.74) is 9.12. The fourth-order valence-electron chi connectivity index (χ4n) is 8.66. The van der Waals surface area contributed by atoms with Crippen molar-refractivity contribution in [3.8, 4) is 0 Å². The molecule has 0 fully saturated rings. The average Bonchev–Trinajstić information content (AvgIpc) is 3.88. The molecular weight excluding hydrogens is 576 g/mol. The third kappa shape index (κ3) is 4.28. The Morgan fingerprint density at radius 1 is 0.489 bits per heavy atom. The normalized spacial score (nSPS) is 22.6. The van der Waals surface area contributed by atoms with E-state index < -0.39 is 17.9 Å². The third-order valence-electron chi connectivity index (χ3n) is 10.9. The van der Waals surface area contributed by atoms with Gasteiger partial charge in [-0.15, -0.1) is 0 Å². The number of aliphatic imine (C=N–C) groups is 2. The Morgan fingerprint density at radius 3 is 1.43 bits per heavy atom. The van der Waals surface area contributed by atoms with Crippen LogP contribution < -0.4 is 0 Å². The topological polar surface area (TPSA) is 43.2 Å². The van der Waals surface area contributed by atoms with Crippen molar-refractivity contribution in [2.45, 2.75) is 50.3 Å². The second-order valence-electron chi connectivity index (χ2n) is 13.6. The van der Waals surface area contributed by atoms with Crippen molar-refractivity contribution in [1.82, 2.24) is 0 Å². The first-order valence-corrected chi connectivity index (χ1v) is 16.8. The first-order chi connectivity index (χ1) is 23.2. The summed E-state index contributed by atoms with van der Waals surface area (Å²) in [6, 6.07) is 48.0. The number of fused-ring (bicyclic) bond motifs is 8. The van der Waals surface area contributed by atoms with Gasteiger partial charge in [0.2, 0.25) is 0 Å². The van der Waals surface area contributed by atoms with E-state index in [0.717, 1.165) is 24.3 Å². The fraction of sp³-hybridized carbons (Fsp3) is 0.209. The Morgan fingerprint density at radius 2 is 0.915 bits per heavy atom. The minimum Gasteiger partial charge on any atom is -0.346 e. The highest BCUT2D eigenvalue weighted by Gasteiger charge is 2.55. The molecule has 4 atom stereocenters. The maximum atomic E-state index is 7.15. The predicted octanol–water partition coefficient (Wildman–Crippen LogP) is 8.31. The average molecular weight is 611 g/mol. The van der Waals surface area contributed by atoms with Crippen LogP contribution in [0.4, 0.5) is 0 Å². The van der Waals surface area contributed by atoms with Crippen molar-refractivity contribution in [1.29, 1.82) is 0 Å². The highest BCUT2D eigenvalue weighted by atomic mass is 16.5. The molecule has 0 radical (unpaired) electrons. The van der Waals surface area contributed by atoms with Gasteiger partial charge in [0.1, 0.15) is 12.2 Å². The first kappa shape index (κ1) is 27.2. The van der Waals surface area contributed by atoms with E-state index in [0.29, 0.717) is 12.8 Å². The van der Waals surface area contributed by atoms with E-state index in [-0.39, 0.29) is 12.2 Å². The van der Waals surface area contributed by atoms with Crippen LogP contribution in [0.15, 0.2) is 143 Å². The fourth-order valence-corrected chi connectivity index (χ4v) is 8.66. The Balaban J connectivity index is 1.20. The molecule has 0 spiro atoms. The van der Waals surface area contributed by atoms with Gasteiger partial charge in [0.15, 0.2) is 12.5 Å². The van der Waals surface area contributed by atoms with Crippen LogP contribution in [0.2, 0.25) is 0 Å². The molecule has 0 saturated heterocycles.